The molecule has 2 aromatic rings. The Morgan fingerprint density at radius 2 is 1.20 bits per heavy atom. The Hall–Kier alpha value is -2.86. The molecule has 0 aliphatic heterocycles. The SMILES string of the molecule is C.CC(=O)O.CC(C)(C)c1cccc(C2(N)CCCCC2)c1.CC(C)(C)c1cccc(C2(N=[N+]=[N-])CCCCC2)c1.CCO. The summed E-state index contributed by atoms with van der Waals surface area (Å²) in [6.45, 7) is 16.4. The number of carboxylic acid groups (broad SMARTS) is 1. The highest BCUT2D eigenvalue weighted by atomic mass is 16.4. The molecule has 0 bridgehead atoms. The lowest BCUT2D eigenvalue weighted by Gasteiger charge is -2.35. The molecule has 0 amide bonds. The zero-order valence-corrected chi connectivity index (χ0v) is 28.1. The van der Waals surface area contributed by atoms with Crippen LogP contribution in [0.5, 0.6) is 0 Å². The predicted octanol–water partition coefficient (Wildman–Crippen LogP) is 10.3. The van der Waals surface area contributed by atoms with Crippen LogP contribution in [-0.2, 0) is 26.7 Å². The first-order valence-electron chi connectivity index (χ1n) is 15.9. The Balaban J connectivity index is 0.000000684. The fourth-order valence-electron chi connectivity index (χ4n) is 5.71. The number of hydrogen-bond acceptors (Lipinski definition) is 4. The predicted molar refractivity (Wildman–Crippen MR) is 186 cm³/mol. The molecule has 4 N–H and O–H groups in total. The summed E-state index contributed by atoms with van der Waals surface area (Å²) in [7, 11) is 0. The largest absolute Gasteiger partial charge is 0.481 e. The maximum atomic E-state index is 9.00. The first-order valence-corrected chi connectivity index (χ1v) is 15.9. The molecule has 0 radical (unpaired) electrons. The van der Waals surface area contributed by atoms with Crippen molar-refractivity contribution >= 4 is 5.97 Å². The Kier molecular flexibility index (Phi) is 17.6. The van der Waals surface area contributed by atoms with Gasteiger partial charge < -0.3 is 15.9 Å². The standard InChI is InChI=1S/C16H23N3.C16H25N.C2H4O2.C2H6O.CH4/c1-15(2,3)13-8-7-9-14(12-13)16(18-19-17)10-5-4-6-11-16;1-15(2,3)13-8-7-9-14(12-13)16(17)10-5-4-6-11-16;1-2(3)4;1-2-3;/h7-9,12H,4-6,10-11H2,1-3H3;7-9,12H,4-6,10-11,17H2,1-3H3;1H3,(H,3,4);3H,2H2,1H3;1H4. The van der Waals surface area contributed by atoms with Gasteiger partial charge in [0.05, 0.1) is 5.54 Å². The molecule has 0 atom stereocenters. The summed E-state index contributed by atoms with van der Waals surface area (Å²) in [5.74, 6) is -0.833. The number of hydrogen-bond donors (Lipinski definition) is 3. The summed E-state index contributed by atoms with van der Waals surface area (Å²) >= 11 is 0. The van der Waals surface area contributed by atoms with Crippen LogP contribution in [0.2, 0.25) is 0 Å². The topological polar surface area (TPSA) is 132 Å². The van der Waals surface area contributed by atoms with Crippen LogP contribution in [0.3, 0.4) is 0 Å². The molecule has 0 aromatic heterocycles. The van der Waals surface area contributed by atoms with Gasteiger partial charge in [-0.05, 0) is 71.2 Å². The van der Waals surface area contributed by atoms with Gasteiger partial charge in [0.1, 0.15) is 0 Å². The second kappa shape index (κ2) is 18.8. The van der Waals surface area contributed by atoms with Gasteiger partial charge in [0.2, 0.25) is 0 Å². The van der Waals surface area contributed by atoms with E-state index in [-0.39, 0.29) is 35.9 Å². The average Bonchev–Trinajstić information content (AvgIpc) is 2.94. The van der Waals surface area contributed by atoms with E-state index < -0.39 is 5.97 Å². The number of carbonyl (C=O) groups is 1. The molecule has 0 unspecified atom stereocenters. The Morgan fingerprint density at radius 1 is 0.841 bits per heavy atom. The van der Waals surface area contributed by atoms with Crippen molar-refractivity contribution in [2.24, 2.45) is 10.8 Å². The van der Waals surface area contributed by atoms with E-state index in [1.54, 1.807) is 6.92 Å². The van der Waals surface area contributed by atoms with Gasteiger partial charge in [-0.25, -0.2) is 0 Å². The van der Waals surface area contributed by atoms with Crippen molar-refractivity contribution in [1.29, 1.82) is 0 Å². The Bertz CT molecular complexity index is 1160. The van der Waals surface area contributed by atoms with Crippen LogP contribution in [0, 0.1) is 0 Å². The van der Waals surface area contributed by atoms with Crippen molar-refractivity contribution in [2.45, 2.75) is 149 Å². The molecule has 2 aliphatic rings. The highest BCUT2D eigenvalue weighted by molar-refractivity contribution is 5.63. The van der Waals surface area contributed by atoms with E-state index in [2.05, 4.69) is 100 Å². The summed E-state index contributed by atoms with van der Waals surface area (Å²) in [5.41, 5.74) is 20.7. The minimum Gasteiger partial charge on any atom is -0.481 e. The van der Waals surface area contributed by atoms with Crippen LogP contribution >= 0.6 is 0 Å². The van der Waals surface area contributed by atoms with Crippen LogP contribution in [0.1, 0.15) is 149 Å². The van der Waals surface area contributed by atoms with Crippen LogP contribution in [0.25, 0.3) is 10.4 Å². The number of aliphatic hydroxyl groups excluding tert-OH is 1. The van der Waals surface area contributed by atoms with Crippen molar-refractivity contribution < 1.29 is 15.0 Å². The number of azide groups is 1. The molecule has 7 nitrogen and oxygen atoms in total. The van der Waals surface area contributed by atoms with Gasteiger partial charge in [-0.2, -0.15) is 0 Å². The van der Waals surface area contributed by atoms with Crippen molar-refractivity contribution in [3.05, 3.63) is 81.2 Å². The first kappa shape index (κ1) is 41.1. The first-order chi connectivity index (χ1) is 20.0. The van der Waals surface area contributed by atoms with Crippen molar-refractivity contribution in [3.8, 4) is 0 Å². The maximum absolute atomic E-state index is 9.00. The molecule has 7 heteroatoms. The van der Waals surface area contributed by atoms with E-state index in [0.717, 1.165) is 45.4 Å². The number of nitrogens with two attached hydrogens (primary N) is 1. The van der Waals surface area contributed by atoms with Crippen LogP contribution in [0.4, 0.5) is 0 Å². The number of aliphatic carboxylic acids is 1. The van der Waals surface area contributed by atoms with Crippen molar-refractivity contribution in [2.75, 3.05) is 6.61 Å². The van der Waals surface area contributed by atoms with E-state index >= 15 is 0 Å². The van der Waals surface area contributed by atoms with Crippen LogP contribution in [0.15, 0.2) is 53.6 Å². The quantitative estimate of drug-likeness (QED) is 0.181. The molecule has 0 saturated heterocycles. The third-order valence-corrected chi connectivity index (χ3v) is 8.23. The van der Waals surface area contributed by atoms with Gasteiger partial charge in [0.15, 0.2) is 0 Å². The highest BCUT2D eigenvalue weighted by Crippen LogP contribution is 2.42. The van der Waals surface area contributed by atoms with Gasteiger partial charge in [0.25, 0.3) is 5.97 Å². The monoisotopic (exact) mass is 610 g/mol. The zero-order chi connectivity index (χ0) is 32.7. The highest BCUT2D eigenvalue weighted by Gasteiger charge is 2.34. The molecule has 2 fully saturated rings. The molecule has 2 aliphatic carbocycles. The molecule has 4 rings (SSSR count). The molecule has 248 valence electrons. The lowest BCUT2D eigenvalue weighted by Crippen LogP contribution is -2.38. The average molecular weight is 611 g/mol. The molecule has 2 aromatic carbocycles. The third-order valence-electron chi connectivity index (χ3n) is 8.23. The summed E-state index contributed by atoms with van der Waals surface area (Å²) < 4.78 is 0. The summed E-state index contributed by atoms with van der Waals surface area (Å²) in [6.07, 6.45) is 11.7. The molecular formula is C37H62N4O3. The molecule has 0 spiro atoms. The maximum Gasteiger partial charge on any atom is 0.300 e. The lowest BCUT2D eigenvalue weighted by molar-refractivity contribution is -0.134. The normalized spacial score (nSPS) is 16.9. The number of benzene rings is 2. The smallest absolute Gasteiger partial charge is 0.300 e. The van der Waals surface area contributed by atoms with Crippen LogP contribution < -0.4 is 5.73 Å². The van der Waals surface area contributed by atoms with Gasteiger partial charge in [-0.3, -0.25) is 4.79 Å². The molecule has 44 heavy (non-hydrogen) atoms. The van der Waals surface area contributed by atoms with Gasteiger partial charge in [-0.15, -0.1) is 0 Å². The molecule has 2 saturated carbocycles. The van der Waals surface area contributed by atoms with Crippen LogP contribution in [-0.4, -0.2) is 22.8 Å². The fourth-order valence-corrected chi connectivity index (χ4v) is 5.71. The second-order valence-corrected chi connectivity index (χ2v) is 14.0. The number of nitrogens with zero attached hydrogens (tertiary/aromatic N) is 3. The van der Waals surface area contributed by atoms with E-state index in [9.17, 15) is 0 Å². The third kappa shape index (κ3) is 13.4. The van der Waals surface area contributed by atoms with E-state index in [4.69, 9.17) is 26.3 Å². The number of carboxylic acids is 1. The number of rotatable bonds is 3. The molecular weight excluding hydrogens is 548 g/mol. The summed E-state index contributed by atoms with van der Waals surface area (Å²) in [6, 6.07) is 17.5. The van der Waals surface area contributed by atoms with E-state index in [0.29, 0.717) is 0 Å². The molecule has 0 heterocycles. The van der Waals surface area contributed by atoms with Gasteiger partial charge in [-0.1, -0.05) is 141 Å². The summed E-state index contributed by atoms with van der Waals surface area (Å²) in [5, 5.41) is 19.2. The Morgan fingerprint density at radius 3 is 1.59 bits per heavy atom. The number of aliphatic hydroxyl groups is 1. The minimum atomic E-state index is -0.833. The second-order valence-electron chi connectivity index (χ2n) is 14.0. The minimum absolute atomic E-state index is 0. The fraction of sp³-hybridized carbons (Fsp3) is 0.649. The van der Waals surface area contributed by atoms with E-state index in [1.807, 2.05) is 0 Å². The zero-order valence-electron chi connectivity index (χ0n) is 28.1. The Labute approximate surface area is 268 Å². The van der Waals surface area contributed by atoms with Gasteiger partial charge >= 0.3 is 0 Å². The summed E-state index contributed by atoms with van der Waals surface area (Å²) in [4.78, 5) is 12.1. The van der Waals surface area contributed by atoms with E-state index in [1.165, 1.54) is 47.9 Å². The lowest BCUT2D eigenvalue weighted by atomic mass is 9.75. The van der Waals surface area contributed by atoms with Crippen molar-refractivity contribution in [1.82, 2.24) is 0 Å². The van der Waals surface area contributed by atoms with Crippen molar-refractivity contribution in [3.63, 3.8) is 0 Å². The van der Waals surface area contributed by atoms with Gasteiger partial charge in [0, 0.05) is 24.0 Å².